The predicted octanol–water partition coefficient (Wildman–Crippen LogP) is 2.36. The van der Waals surface area contributed by atoms with Crippen molar-refractivity contribution in [2.45, 2.75) is 25.6 Å². The summed E-state index contributed by atoms with van der Waals surface area (Å²) in [7, 11) is 0. The van der Waals surface area contributed by atoms with E-state index in [1.807, 2.05) is 30.3 Å². The van der Waals surface area contributed by atoms with E-state index >= 15 is 0 Å². The van der Waals surface area contributed by atoms with E-state index in [0.717, 1.165) is 21.8 Å². The van der Waals surface area contributed by atoms with E-state index in [4.69, 9.17) is 9.84 Å². The van der Waals surface area contributed by atoms with Crippen molar-refractivity contribution in [3.63, 3.8) is 0 Å². The Morgan fingerprint density at radius 3 is 2.53 bits per heavy atom. The zero-order valence-corrected chi connectivity index (χ0v) is 20.5. The monoisotopic (exact) mass is 535 g/mol. The predicted molar refractivity (Wildman–Crippen MR) is 134 cm³/mol. The first-order valence-corrected chi connectivity index (χ1v) is 12.4. The minimum atomic E-state index is -1.73. The number of nitrogens with one attached hydrogen (secondary N) is 2. The summed E-state index contributed by atoms with van der Waals surface area (Å²) in [6.07, 6.45) is 0.154. The summed E-state index contributed by atoms with van der Waals surface area (Å²) in [5.74, 6) is -5.06. The van der Waals surface area contributed by atoms with Crippen molar-refractivity contribution in [2.24, 2.45) is 0 Å². The van der Waals surface area contributed by atoms with Gasteiger partial charge in [-0.1, -0.05) is 36.4 Å². The van der Waals surface area contributed by atoms with Crippen molar-refractivity contribution >= 4 is 46.0 Å². The number of amides is 3. The number of carboxylic acids is 2. The van der Waals surface area contributed by atoms with Crippen LogP contribution < -0.4 is 15.4 Å². The summed E-state index contributed by atoms with van der Waals surface area (Å²) in [5.41, 5.74) is 1.56. The van der Waals surface area contributed by atoms with Gasteiger partial charge in [0.1, 0.15) is 17.4 Å². The molecule has 2 aliphatic rings. The number of aliphatic carboxylic acids is 1. The van der Waals surface area contributed by atoms with Gasteiger partial charge in [0, 0.05) is 24.0 Å². The Balaban J connectivity index is 1.34. The second kappa shape index (κ2) is 10.1. The maximum atomic E-state index is 13.3. The molecule has 5 rings (SSSR count). The van der Waals surface area contributed by atoms with Crippen molar-refractivity contribution in [2.75, 3.05) is 11.9 Å². The fourth-order valence-corrected chi connectivity index (χ4v) is 5.74. The molecule has 4 N–H and O–H groups in total. The third-order valence-corrected chi connectivity index (χ3v) is 7.48. The molecule has 1 atom stereocenters. The fourth-order valence-electron chi connectivity index (χ4n) is 4.57. The molecule has 0 spiro atoms. The summed E-state index contributed by atoms with van der Waals surface area (Å²) in [4.78, 5) is 62.7. The van der Waals surface area contributed by atoms with Gasteiger partial charge < -0.3 is 25.6 Å². The smallest absolute Gasteiger partial charge is 0.394 e. The molecule has 12 heteroatoms. The first-order valence-electron chi connectivity index (χ1n) is 11.6. The van der Waals surface area contributed by atoms with Gasteiger partial charge in [-0.15, -0.1) is 11.3 Å². The van der Waals surface area contributed by atoms with Crippen LogP contribution >= 0.6 is 11.3 Å². The van der Waals surface area contributed by atoms with Crippen molar-refractivity contribution in [3.05, 3.63) is 81.2 Å². The number of carbonyl (C=O) groups excluding carboxylic acids is 3. The van der Waals surface area contributed by atoms with Crippen LogP contribution in [0.5, 0.6) is 5.75 Å². The molecule has 38 heavy (non-hydrogen) atoms. The second-order valence-corrected chi connectivity index (χ2v) is 9.83. The van der Waals surface area contributed by atoms with E-state index < -0.39 is 35.7 Å². The molecule has 1 aromatic heterocycles. The number of anilines is 1. The highest BCUT2D eigenvalue weighted by molar-refractivity contribution is 7.17. The van der Waals surface area contributed by atoms with Gasteiger partial charge >= 0.3 is 17.8 Å². The molecule has 0 saturated carbocycles. The van der Waals surface area contributed by atoms with Crippen LogP contribution in [0.25, 0.3) is 0 Å². The number of fused-ring (bicyclic) bond motifs is 2. The topological polar surface area (TPSA) is 162 Å². The molecule has 194 valence electrons. The molecule has 0 fully saturated rings. The lowest BCUT2D eigenvalue weighted by Gasteiger charge is -2.27. The molecule has 3 heterocycles. The van der Waals surface area contributed by atoms with Crippen LogP contribution in [0, 0.1) is 0 Å². The molecular formula is C26H21N3O8S. The highest BCUT2D eigenvalue weighted by Gasteiger charge is 2.40. The standard InChI is InChI=1S/C26H21N3O8S/c30-21(26(35)36)28-22-20(25(33)34)16-9-14(27-10-18(16)38-22)11-29-23(31)15-7-4-8-17(19(15)24(29)32)37-12-13-5-2-1-3-6-13/h1-8,14,27H,9-12H2,(H,28,30)(H,33,34)(H,35,36). The summed E-state index contributed by atoms with van der Waals surface area (Å²) in [5, 5.41) is 23.9. The number of thiophene rings is 1. The minimum absolute atomic E-state index is 0.0182. The lowest BCUT2D eigenvalue weighted by Crippen LogP contribution is -2.46. The van der Waals surface area contributed by atoms with Gasteiger partial charge in [0.05, 0.1) is 16.7 Å². The SMILES string of the molecule is O=C(O)C(=O)Nc1sc2c(c1C(=O)O)CC(CN1C(=O)c3cccc(OCc4ccccc4)c3C1=O)NC2. The number of benzene rings is 2. The van der Waals surface area contributed by atoms with Crippen LogP contribution in [0.15, 0.2) is 48.5 Å². The van der Waals surface area contributed by atoms with Crippen LogP contribution in [0.4, 0.5) is 5.00 Å². The Morgan fingerprint density at radius 1 is 1.05 bits per heavy atom. The number of carbonyl (C=O) groups is 5. The Bertz CT molecular complexity index is 1480. The van der Waals surface area contributed by atoms with Gasteiger partial charge in [-0.2, -0.15) is 0 Å². The number of nitrogens with zero attached hydrogens (tertiary/aromatic N) is 1. The van der Waals surface area contributed by atoms with Gasteiger partial charge in [0.2, 0.25) is 0 Å². The van der Waals surface area contributed by atoms with E-state index in [0.29, 0.717) is 16.2 Å². The summed E-state index contributed by atoms with van der Waals surface area (Å²) in [6.45, 7) is 0.431. The zero-order valence-electron chi connectivity index (χ0n) is 19.7. The third-order valence-electron chi connectivity index (χ3n) is 6.33. The van der Waals surface area contributed by atoms with Crippen LogP contribution in [-0.4, -0.2) is 57.4 Å². The number of carboxylic acid groups (broad SMARTS) is 2. The van der Waals surface area contributed by atoms with Gasteiger partial charge in [-0.3, -0.25) is 19.3 Å². The van der Waals surface area contributed by atoms with E-state index in [9.17, 15) is 29.1 Å². The van der Waals surface area contributed by atoms with Crippen molar-refractivity contribution < 1.29 is 38.9 Å². The molecule has 0 radical (unpaired) electrons. The Labute approximate surface area is 219 Å². The van der Waals surface area contributed by atoms with Gasteiger partial charge in [0.15, 0.2) is 0 Å². The van der Waals surface area contributed by atoms with E-state index in [1.54, 1.807) is 18.2 Å². The van der Waals surface area contributed by atoms with Gasteiger partial charge in [-0.05, 0) is 29.7 Å². The van der Waals surface area contributed by atoms with Crippen LogP contribution in [0.3, 0.4) is 0 Å². The molecule has 0 aliphatic carbocycles. The van der Waals surface area contributed by atoms with Crippen LogP contribution in [0.1, 0.15) is 47.1 Å². The largest absolute Gasteiger partial charge is 0.488 e. The minimum Gasteiger partial charge on any atom is -0.488 e. The molecule has 0 saturated heterocycles. The molecule has 1 unspecified atom stereocenters. The number of imide groups is 1. The summed E-state index contributed by atoms with van der Waals surface area (Å²) < 4.78 is 5.88. The Hall–Kier alpha value is -4.55. The first-order chi connectivity index (χ1) is 18.2. The first kappa shape index (κ1) is 25.1. The second-order valence-electron chi connectivity index (χ2n) is 8.73. The Morgan fingerprint density at radius 2 is 1.82 bits per heavy atom. The maximum Gasteiger partial charge on any atom is 0.394 e. The normalized spacial score (nSPS) is 16.1. The van der Waals surface area contributed by atoms with E-state index in [2.05, 4.69) is 10.6 Å². The average Bonchev–Trinajstić information content (AvgIpc) is 3.38. The number of hydrogen-bond acceptors (Lipinski definition) is 8. The molecule has 0 bridgehead atoms. The molecule has 11 nitrogen and oxygen atoms in total. The lowest BCUT2D eigenvalue weighted by atomic mass is 9.97. The number of hydrogen-bond donors (Lipinski definition) is 4. The molecule has 3 amide bonds. The van der Waals surface area contributed by atoms with Crippen molar-refractivity contribution in [3.8, 4) is 5.75 Å². The highest BCUT2D eigenvalue weighted by Crippen LogP contribution is 2.37. The maximum absolute atomic E-state index is 13.3. The van der Waals surface area contributed by atoms with Crippen molar-refractivity contribution in [1.82, 2.24) is 10.2 Å². The highest BCUT2D eigenvalue weighted by atomic mass is 32.1. The molecule has 2 aliphatic heterocycles. The van der Waals surface area contributed by atoms with E-state index in [-0.39, 0.29) is 47.8 Å². The van der Waals surface area contributed by atoms with Gasteiger partial charge in [-0.25, -0.2) is 9.59 Å². The number of ether oxygens (including phenoxy) is 1. The van der Waals surface area contributed by atoms with Crippen molar-refractivity contribution in [1.29, 1.82) is 0 Å². The molecule has 2 aromatic carbocycles. The Kier molecular flexibility index (Phi) is 6.66. The number of rotatable bonds is 7. The zero-order chi connectivity index (χ0) is 27.0. The summed E-state index contributed by atoms with van der Waals surface area (Å²) in [6, 6.07) is 13.8. The average molecular weight is 536 g/mol. The lowest BCUT2D eigenvalue weighted by molar-refractivity contribution is -0.147. The third kappa shape index (κ3) is 4.62. The summed E-state index contributed by atoms with van der Waals surface area (Å²) >= 11 is 0.975. The van der Waals surface area contributed by atoms with Crippen LogP contribution in [-0.2, 0) is 29.2 Å². The fraction of sp³-hybridized carbons (Fsp3) is 0.192. The molecular weight excluding hydrogens is 514 g/mol. The number of aromatic carboxylic acids is 1. The van der Waals surface area contributed by atoms with E-state index in [1.165, 1.54) is 0 Å². The van der Waals surface area contributed by atoms with Gasteiger partial charge in [0.25, 0.3) is 11.8 Å². The molecule has 3 aromatic rings. The quantitative estimate of drug-likeness (QED) is 0.263. The van der Waals surface area contributed by atoms with Crippen LogP contribution in [0.2, 0.25) is 0 Å².